The van der Waals surface area contributed by atoms with Crippen LogP contribution in [0.5, 0.6) is 0 Å². The molecule has 2 aromatic rings. The first-order valence-electron chi connectivity index (χ1n) is 7.21. The van der Waals surface area contributed by atoms with Gasteiger partial charge < -0.3 is 5.32 Å². The second-order valence-corrected chi connectivity index (χ2v) is 7.46. The molecule has 0 aliphatic heterocycles. The molecule has 0 radical (unpaired) electrons. The largest absolute Gasteiger partial charge is 0.302 e. The molecule has 2 unspecified atom stereocenters. The Morgan fingerprint density at radius 2 is 1.85 bits per heavy atom. The quantitative estimate of drug-likeness (QED) is 0.768. The Hall–Kier alpha value is -0.830. The van der Waals surface area contributed by atoms with Crippen LogP contribution in [0.4, 0.5) is 0 Å². The van der Waals surface area contributed by atoms with E-state index in [1.165, 1.54) is 28.2 Å². The molecule has 1 nitrogen and oxygen atoms in total. The molecule has 1 saturated carbocycles. The minimum absolute atomic E-state index is 0.398. The Morgan fingerprint density at radius 3 is 2.40 bits per heavy atom. The van der Waals surface area contributed by atoms with Crippen LogP contribution in [0.25, 0.3) is 0 Å². The maximum absolute atomic E-state index is 6.00. The van der Waals surface area contributed by atoms with Crippen molar-refractivity contribution in [3.63, 3.8) is 0 Å². The summed E-state index contributed by atoms with van der Waals surface area (Å²) in [5.41, 5.74) is 1.36. The maximum atomic E-state index is 6.00. The lowest BCUT2D eigenvalue weighted by molar-refractivity contribution is 0.431. The second-order valence-electron chi connectivity index (χ2n) is 5.70. The fourth-order valence-corrected chi connectivity index (χ4v) is 3.66. The Bertz CT molecular complexity index is 571. The fourth-order valence-electron chi connectivity index (χ4n) is 2.64. The standard InChI is InChI=1S/C17H20ClNS/c1-11-3-10-16(20-11)12(2)19-17(13-4-5-13)14-6-8-15(18)9-7-14/h3,6-10,12-13,17,19H,4-5H2,1-2H3. The average molecular weight is 306 g/mol. The van der Waals surface area contributed by atoms with Crippen LogP contribution in [0.2, 0.25) is 5.02 Å². The molecule has 1 fully saturated rings. The van der Waals surface area contributed by atoms with Crippen LogP contribution in [-0.2, 0) is 0 Å². The summed E-state index contributed by atoms with van der Waals surface area (Å²) in [6.45, 7) is 4.43. The minimum Gasteiger partial charge on any atom is -0.302 e. The molecule has 0 saturated heterocycles. The normalized spacial score (nSPS) is 17.9. The molecule has 20 heavy (non-hydrogen) atoms. The first kappa shape index (κ1) is 14.1. The zero-order valence-corrected chi connectivity index (χ0v) is 13.5. The number of thiophene rings is 1. The van der Waals surface area contributed by atoms with E-state index in [-0.39, 0.29) is 0 Å². The van der Waals surface area contributed by atoms with Gasteiger partial charge in [-0.05, 0) is 62.4 Å². The number of nitrogens with one attached hydrogen (secondary N) is 1. The smallest absolute Gasteiger partial charge is 0.0406 e. The van der Waals surface area contributed by atoms with Crippen molar-refractivity contribution in [2.45, 2.75) is 38.8 Å². The Morgan fingerprint density at radius 1 is 1.15 bits per heavy atom. The molecule has 1 aliphatic rings. The van der Waals surface area contributed by atoms with Crippen LogP contribution in [0.3, 0.4) is 0 Å². The number of rotatable bonds is 5. The van der Waals surface area contributed by atoms with Gasteiger partial charge in [0.05, 0.1) is 0 Å². The summed E-state index contributed by atoms with van der Waals surface area (Å²) in [5.74, 6) is 0.777. The molecule has 1 N–H and O–H groups in total. The molecule has 1 aromatic heterocycles. The monoisotopic (exact) mass is 305 g/mol. The summed E-state index contributed by atoms with van der Waals surface area (Å²) in [5, 5.41) is 4.62. The van der Waals surface area contributed by atoms with Crippen LogP contribution >= 0.6 is 22.9 Å². The van der Waals surface area contributed by atoms with Crippen molar-refractivity contribution in [2.24, 2.45) is 5.92 Å². The number of hydrogen-bond acceptors (Lipinski definition) is 2. The number of aryl methyl sites for hydroxylation is 1. The highest BCUT2D eigenvalue weighted by atomic mass is 35.5. The zero-order valence-electron chi connectivity index (χ0n) is 11.9. The lowest BCUT2D eigenvalue weighted by Gasteiger charge is -2.23. The molecule has 1 aliphatic carbocycles. The van der Waals surface area contributed by atoms with Gasteiger partial charge in [-0.3, -0.25) is 0 Å². The van der Waals surface area contributed by atoms with Crippen molar-refractivity contribution in [3.8, 4) is 0 Å². The molecule has 0 amide bonds. The molecule has 1 aromatic carbocycles. The number of hydrogen-bond donors (Lipinski definition) is 1. The van der Waals surface area contributed by atoms with Gasteiger partial charge in [0, 0.05) is 26.9 Å². The van der Waals surface area contributed by atoms with Crippen LogP contribution < -0.4 is 5.32 Å². The summed E-state index contributed by atoms with van der Waals surface area (Å²) >= 11 is 7.88. The van der Waals surface area contributed by atoms with Crippen molar-refractivity contribution in [2.75, 3.05) is 0 Å². The summed E-state index contributed by atoms with van der Waals surface area (Å²) < 4.78 is 0. The molecular weight excluding hydrogens is 286 g/mol. The summed E-state index contributed by atoms with van der Waals surface area (Å²) in [7, 11) is 0. The van der Waals surface area contributed by atoms with Gasteiger partial charge in [0.15, 0.2) is 0 Å². The van der Waals surface area contributed by atoms with Crippen LogP contribution in [0, 0.1) is 12.8 Å². The maximum Gasteiger partial charge on any atom is 0.0406 e. The molecule has 3 rings (SSSR count). The van der Waals surface area contributed by atoms with E-state index in [0.29, 0.717) is 12.1 Å². The molecule has 2 atom stereocenters. The summed E-state index contributed by atoms with van der Waals surface area (Å²) in [6.07, 6.45) is 2.66. The van der Waals surface area contributed by atoms with Crippen molar-refractivity contribution in [1.29, 1.82) is 0 Å². The van der Waals surface area contributed by atoms with Gasteiger partial charge in [0.25, 0.3) is 0 Å². The van der Waals surface area contributed by atoms with Gasteiger partial charge in [0.1, 0.15) is 0 Å². The van der Waals surface area contributed by atoms with Gasteiger partial charge in [-0.2, -0.15) is 0 Å². The Kier molecular flexibility index (Phi) is 4.16. The van der Waals surface area contributed by atoms with Gasteiger partial charge >= 0.3 is 0 Å². The third-order valence-corrected chi connectivity index (χ3v) is 5.38. The lowest BCUT2D eigenvalue weighted by Crippen LogP contribution is -2.25. The Labute approximate surface area is 130 Å². The third-order valence-electron chi connectivity index (χ3n) is 3.94. The summed E-state index contributed by atoms with van der Waals surface area (Å²) in [6, 6.07) is 13.6. The molecule has 0 spiro atoms. The highest BCUT2D eigenvalue weighted by Gasteiger charge is 2.33. The van der Waals surface area contributed by atoms with Gasteiger partial charge in [0.2, 0.25) is 0 Å². The minimum atomic E-state index is 0.398. The third kappa shape index (κ3) is 3.25. The fraction of sp³-hybridized carbons (Fsp3) is 0.412. The SMILES string of the molecule is Cc1ccc(C(C)NC(c2ccc(Cl)cc2)C2CC2)s1. The van der Waals surface area contributed by atoms with Crippen molar-refractivity contribution < 1.29 is 0 Å². The van der Waals surface area contributed by atoms with E-state index in [1.807, 2.05) is 23.5 Å². The van der Waals surface area contributed by atoms with Crippen molar-refractivity contribution in [1.82, 2.24) is 5.32 Å². The van der Waals surface area contributed by atoms with E-state index in [9.17, 15) is 0 Å². The predicted octanol–water partition coefficient (Wildman–Crippen LogP) is 5.51. The van der Waals surface area contributed by atoms with Gasteiger partial charge in [-0.1, -0.05) is 23.7 Å². The van der Waals surface area contributed by atoms with Gasteiger partial charge in [-0.15, -0.1) is 11.3 Å². The van der Waals surface area contributed by atoms with Gasteiger partial charge in [-0.25, -0.2) is 0 Å². The highest BCUT2D eigenvalue weighted by Crippen LogP contribution is 2.42. The number of benzene rings is 1. The molecular formula is C17H20ClNS. The van der Waals surface area contributed by atoms with Crippen LogP contribution in [0.1, 0.15) is 47.2 Å². The molecule has 3 heteroatoms. The first-order valence-corrected chi connectivity index (χ1v) is 8.41. The topological polar surface area (TPSA) is 12.0 Å². The van der Waals surface area contributed by atoms with Crippen molar-refractivity contribution >= 4 is 22.9 Å². The predicted molar refractivity (Wildman–Crippen MR) is 87.5 cm³/mol. The van der Waals surface area contributed by atoms with Crippen LogP contribution in [0.15, 0.2) is 36.4 Å². The molecule has 1 heterocycles. The van der Waals surface area contributed by atoms with Crippen molar-refractivity contribution in [3.05, 3.63) is 56.7 Å². The second kappa shape index (κ2) is 5.88. The average Bonchev–Trinajstić information content (AvgIpc) is 3.18. The van der Waals surface area contributed by atoms with E-state index in [0.717, 1.165) is 10.9 Å². The molecule has 0 bridgehead atoms. The summed E-state index contributed by atoms with van der Waals surface area (Å²) in [4.78, 5) is 2.80. The first-order chi connectivity index (χ1) is 9.63. The Balaban J connectivity index is 1.76. The zero-order chi connectivity index (χ0) is 14.1. The number of halogens is 1. The lowest BCUT2D eigenvalue weighted by atomic mass is 10.0. The van der Waals surface area contributed by atoms with E-state index in [4.69, 9.17) is 11.6 Å². The van der Waals surface area contributed by atoms with E-state index < -0.39 is 0 Å². The van der Waals surface area contributed by atoms with E-state index in [2.05, 4.69) is 43.4 Å². The molecule has 106 valence electrons. The van der Waals surface area contributed by atoms with Crippen LogP contribution in [-0.4, -0.2) is 0 Å². The van der Waals surface area contributed by atoms with E-state index >= 15 is 0 Å². The highest BCUT2D eigenvalue weighted by molar-refractivity contribution is 7.12. The van der Waals surface area contributed by atoms with E-state index in [1.54, 1.807) is 0 Å².